The number of benzene rings is 1. The highest BCUT2D eigenvalue weighted by Crippen LogP contribution is 2.45. The smallest absolute Gasteiger partial charge is 0.192 e. The SMILES string of the molecule is C=C[C@@H]1[C@@H](C=O)[C@@H]([C@H](C=C)O[Si](C)(C)C(C)(C)C)C=C(Br)[C@H]1COCc1ccccc1. The highest BCUT2D eigenvalue weighted by molar-refractivity contribution is 9.11. The Morgan fingerprint density at radius 1 is 1.16 bits per heavy atom. The van der Waals surface area contributed by atoms with Crippen LogP contribution in [0.3, 0.4) is 0 Å². The molecule has 2 rings (SSSR count). The Morgan fingerprint density at radius 2 is 1.81 bits per heavy atom. The maximum absolute atomic E-state index is 12.3. The van der Waals surface area contributed by atoms with Crippen LogP contribution in [0.4, 0.5) is 0 Å². The zero-order valence-electron chi connectivity index (χ0n) is 19.5. The minimum atomic E-state index is -2.03. The van der Waals surface area contributed by atoms with Crippen LogP contribution in [0.1, 0.15) is 26.3 Å². The minimum Gasteiger partial charge on any atom is -0.410 e. The van der Waals surface area contributed by atoms with Gasteiger partial charge in [0.05, 0.1) is 19.3 Å². The molecule has 1 aromatic rings. The Bertz CT molecular complexity index is 782. The molecule has 0 heterocycles. The molecule has 0 bridgehead atoms. The molecule has 1 aliphatic carbocycles. The zero-order chi connectivity index (χ0) is 23.2. The number of halogens is 1. The number of hydrogen-bond acceptors (Lipinski definition) is 3. The average Bonchev–Trinajstić information content (AvgIpc) is 2.72. The lowest BCUT2D eigenvalue weighted by Gasteiger charge is -2.44. The molecule has 5 atom stereocenters. The van der Waals surface area contributed by atoms with Crippen molar-refractivity contribution in [2.75, 3.05) is 6.61 Å². The molecule has 31 heavy (non-hydrogen) atoms. The normalized spacial score (nSPS) is 25.4. The molecule has 170 valence electrons. The van der Waals surface area contributed by atoms with Crippen molar-refractivity contribution in [3.05, 3.63) is 71.8 Å². The van der Waals surface area contributed by atoms with E-state index >= 15 is 0 Å². The molecule has 0 N–H and O–H groups in total. The summed E-state index contributed by atoms with van der Waals surface area (Å²) in [5, 5.41) is 0.0756. The molecule has 0 saturated heterocycles. The third kappa shape index (κ3) is 6.38. The first-order chi connectivity index (χ1) is 14.6. The quantitative estimate of drug-likeness (QED) is 0.197. The Hall–Kier alpha value is -1.27. The van der Waals surface area contributed by atoms with Crippen molar-refractivity contribution in [1.82, 2.24) is 0 Å². The number of carbonyl (C=O) groups is 1. The van der Waals surface area contributed by atoms with Gasteiger partial charge in [-0.2, -0.15) is 0 Å². The largest absolute Gasteiger partial charge is 0.410 e. The summed E-state index contributed by atoms with van der Waals surface area (Å²) in [5.41, 5.74) is 1.13. The van der Waals surface area contributed by atoms with E-state index in [2.05, 4.69) is 69.0 Å². The van der Waals surface area contributed by atoms with Gasteiger partial charge in [-0.1, -0.05) is 85.3 Å². The fourth-order valence-corrected chi connectivity index (χ4v) is 5.84. The first-order valence-corrected chi connectivity index (χ1v) is 14.6. The van der Waals surface area contributed by atoms with E-state index in [-0.39, 0.29) is 34.8 Å². The van der Waals surface area contributed by atoms with Gasteiger partial charge in [-0.15, -0.1) is 13.2 Å². The molecule has 0 saturated carbocycles. The van der Waals surface area contributed by atoms with E-state index in [1.54, 1.807) is 0 Å². The van der Waals surface area contributed by atoms with E-state index in [1.807, 2.05) is 42.5 Å². The summed E-state index contributed by atoms with van der Waals surface area (Å²) in [6.07, 6.45) is 6.71. The summed E-state index contributed by atoms with van der Waals surface area (Å²) in [6, 6.07) is 10.1. The first kappa shape index (κ1) is 26.0. The Labute approximate surface area is 197 Å². The van der Waals surface area contributed by atoms with Crippen LogP contribution in [-0.2, 0) is 20.6 Å². The molecule has 1 aromatic carbocycles. The van der Waals surface area contributed by atoms with Gasteiger partial charge in [0.25, 0.3) is 0 Å². The number of allylic oxidation sites excluding steroid dienone is 1. The molecule has 0 radical (unpaired) electrons. The molecule has 3 nitrogen and oxygen atoms in total. The second-order valence-corrected chi connectivity index (χ2v) is 15.5. The van der Waals surface area contributed by atoms with Crippen molar-refractivity contribution in [2.45, 2.75) is 51.6 Å². The van der Waals surface area contributed by atoms with Crippen LogP contribution in [0.2, 0.25) is 18.1 Å². The van der Waals surface area contributed by atoms with Crippen LogP contribution in [0.15, 0.2) is 66.2 Å². The van der Waals surface area contributed by atoms with Crippen molar-refractivity contribution >= 4 is 30.5 Å². The monoisotopic (exact) mass is 504 g/mol. The van der Waals surface area contributed by atoms with Crippen LogP contribution in [0, 0.1) is 23.7 Å². The van der Waals surface area contributed by atoms with E-state index in [9.17, 15) is 4.79 Å². The van der Waals surface area contributed by atoms with Gasteiger partial charge in [-0.3, -0.25) is 0 Å². The fourth-order valence-electron chi connectivity index (χ4n) is 3.81. The van der Waals surface area contributed by atoms with Gasteiger partial charge in [0.1, 0.15) is 6.29 Å². The Balaban J connectivity index is 2.22. The van der Waals surface area contributed by atoms with Crippen molar-refractivity contribution in [3.8, 4) is 0 Å². The molecule has 1 aliphatic rings. The number of hydrogen-bond donors (Lipinski definition) is 0. The molecule has 5 heteroatoms. The third-order valence-electron chi connectivity index (χ3n) is 6.75. The second-order valence-electron chi connectivity index (χ2n) is 9.84. The van der Waals surface area contributed by atoms with Gasteiger partial charge in [-0.25, -0.2) is 0 Å². The van der Waals surface area contributed by atoms with Crippen molar-refractivity contribution < 1.29 is 14.0 Å². The van der Waals surface area contributed by atoms with Crippen LogP contribution < -0.4 is 0 Å². The zero-order valence-corrected chi connectivity index (χ0v) is 22.1. The number of rotatable bonds is 10. The molecular weight excluding hydrogens is 468 g/mol. The fraction of sp³-hybridized carbons (Fsp3) is 0.500. The topological polar surface area (TPSA) is 35.5 Å². The summed E-state index contributed by atoms with van der Waals surface area (Å²) in [7, 11) is -2.03. The van der Waals surface area contributed by atoms with Gasteiger partial charge in [-0.05, 0) is 34.1 Å². The molecule has 0 unspecified atom stereocenters. The number of aldehydes is 1. The maximum Gasteiger partial charge on any atom is 0.192 e. The predicted molar refractivity (Wildman–Crippen MR) is 136 cm³/mol. The lowest BCUT2D eigenvalue weighted by Crippen LogP contribution is -2.48. The summed E-state index contributed by atoms with van der Waals surface area (Å²) in [5.74, 6) is -0.321. The molecule has 0 amide bonds. The summed E-state index contributed by atoms with van der Waals surface area (Å²) in [4.78, 5) is 12.3. The van der Waals surface area contributed by atoms with Gasteiger partial charge >= 0.3 is 0 Å². The van der Waals surface area contributed by atoms with Crippen LogP contribution >= 0.6 is 15.9 Å². The van der Waals surface area contributed by atoms with Crippen molar-refractivity contribution in [2.24, 2.45) is 23.7 Å². The van der Waals surface area contributed by atoms with Crippen molar-refractivity contribution in [3.63, 3.8) is 0 Å². The number of carbonyl (C=O) groups excluding carboxylic acids is 1. The van der Waals surface area contributed by atoms with Crippen molar-refractivity contribution in [1.29, 1.82) is 0 Å². The Morgan fingerprint density at radius 3 is 2.32 bits per heavy atom. The van der Waals surface area contributed by atoms with Crippen LogP contribution in [0.5, 0.6) is 0 Å². The molecule has 0 spiro atoms. The molecular formula is C26H37BrO3Si. The van der Waals surface area contributed by atoms with Crippen LogP contribution in [-0.4, -0.2) is 27.3 Å². The second kappa shape index (κ2) is 11.0. The van der Waals surface area contributed by atoms with E-state index in [4.69, 9.17) is 9.16 Å². The van der Waals surface area contributed by atoms with Gasteiger partial charge in [0.15, 0.2) is 8.32 Å². The van der Waals surface area contributed by atoms with E-state index in [0.717, 1.165) is 16.3 Å². The standard InChI is InChI=1S/C26H37BrO3Si/c1-8-20-22(16-28)21(25(9-2)30-31(6,7)26(3,4)5)15-24(27)23(20)18-29-17-19-13-11-10-12-14-19/h8-16,20-23,25H,1-2,17-18H2,3-7H3/t20-,21+,22-,23+,25+/m1/s1. The summed E-state index contributed by atoms with van der Waals surface area (Å²) in [6.45, 7) is 20.3. The third-order valence-corrected chi connectivity index (χ3v) is 12.1. The molecule has 0 fully saturated rings. The van der Waals surface area contributed by atoms with Gasteiger partial charge in [0, 0.05) is 17.8 Å². The maximum atomic E-state index is 12.3. The van der Waals surface area contributed by atoms with Gasteiger partial charge in [0.2, 0.25) is 0 Å². The van der Waals surface area contributed by atoms with E-state index in [1.165, 1.54) is 0 Å². The van der Waals surface area contributed by atoms with Crippen LogP contribution in [0.25, 0.3) is 0 Å². The summed E-state index contributed by atoms with van der Waals surface area (Å²) >= 11 is 3.78. The lowest BCUT2D eigenvalue weighted by molar-refractivity contribution is -0.115. The lowest BCUT2D eigenvalue weighted by atomic mass is 9.69. The minimum absolute atomic E-state index is 0.0388. The van der Waals surface area contributed by atoms with Gasteiger partial charge < -0.3 is 14.0 Å². The highest BCUT2D eigenvalue weighted by atomic mass is 79.9. The summed E-state index contributed by atoms with van der Waals surface area (Å²) < 4.78 is 13.7. The van der Waals surface area contributed by atoms with E-state index in [0.29, 0.717) is 13.2 Å². The number of ether oxygens (including phenoxy) is 1. The molecule has 0 aliphatic heterocycles. The highest BCUT2D eigenvalue weighted by Gasteiger charge is 2.45. The Kier molecular flexibility index (Phi) is 9.25. The predicted octanol–water partition coefficient (Wildman–Crippen LogP) is 6.92. The average molecular weight is 506 g/mol. The molecule has 0 aromatic heterocycles. The van der Waals surface area contributed by atoms with E-state index < -0.39 is 8.32 Å². The first-order valence-electron chi connectivity index (χ1n) is 10.9.